The van der Waals surface area contributed by atoms with Crippen LogP contribution in [-0.2, 0) is 0 Å². The van der Waals surface area contributed by atoms with Crippen LogP contribution in [-0.4, -0.2) is 22.2 Å². The van der Waals surface area contributed by atoms with Crippen LogP contribution in [0.3, 0.4) is 0 Å². The minimum atomic E-state index is -1.24. The number of benzene rings is 1. The van der Waals surface area contributed by atoms with Crippen LogP contribution in [0.1, 0.15) is 33.3 Å². The second-order valence-electron chi connectivity index (χ2n) is 8.22. The topological polar surface area (TPSA) is 0 Å². The number of rotatable bonds is 7. The molecule has 0 fully saturated rings. The van der Waals surface area contributed by atoms with Gasteiger partial charge in [-0.05, 0) is 5.56 Å². The van der Waals surface area contributed by atoms with E-state index in [-0.39, 0.29) is 0 Å². The number of hydrogen-bond donors (Lipinski definition) is 0. The highest BCUT2D eigenvalue weighted by molar-refractivity contribution is 6.99. The Bertz CT molecular complexity index is 430. The van der Waals surface area contributed by atoms with Crippen LogP contribution in [0.4, 0.5) is 0 Å². The summed E-state index contributed by atoms with van der Waals surface area (Å²) in [5.74, 6) is 1.66. The monoisotopic (exact) mass is 316 g/mol. The summed E-state index contributed by atoms with van der Waals surface area (Å²) < 4.78 is 1.89. The van der Waals surface area contributed by atoms with Gasteiger partial charge in [0.1, 0.15) is 0 Å². The summed E-state index contributed by atoms with van der Waals surface area (Å²) in [5.41, 5.74) is 1.40. The molecule has 1 aromatic rings. The van der Waals surface area contributed by atoms with Gasteiger partial charge in [-0.1, -0.05) is 106 Å². The van der Waals surface area contributed by atoms with Gasteiger partial charge in [0.15, 0.2) is 0 Å². The zero-order valence-corrected chi connectivity index (χ0v) is 17.3. The molecule has 0 aliphatic heterocycles. The van der Waals surface area contributed by atoms with Gasteiger partial charge >= 0.3 is 0 Å². The Kier molecular flexibility index (Phi) is 7.48. The molecule has 0 N–H and O–H groups in total. The molecular formula is C19H33AlSi. The molecule has 0 atom stereocenters. The predicted octanol–water partition coefficient (Wildman–Crippen LogP) is 6.29. The van der Waals surface area contributed by atoms with Gasteiger partial charge in [0.25, 0.3) is 14.1 Å². The van der Waals surface area contributed by atoms with Crippen LogP contribution in [0.2, 0.25) is 30.2 Å². The Hall–Kier alpha value is -0.291. The molecule has 0 nitrogen and oxygen atoms in total. The zero-order valence-electron chi connectivity index (χ0n) is 15.1. The largest absolute Gasteiger partial charge is 0.294 e. The van der Waals surface area contributed by atoms with Gasteiger partial charge in [0.05, 0.1) is 8.07 Å². The van der Waals surface area contributed by atoms with Crippen LogP contribution in [0.5, 0.6) is 0 Å². The van der Waals surface area contributed by atoms with E-state index in [4.69, 9.17) is 0 Å². The first-order valence-corrected chi connectivity index (χ1v) is 14.2. The average molecular weight is 317 g/mol. The molecule has 2 heteroatoms. The van der Waals surface area contributed by atoms with E-state index in [0.717, 1.165) is 11.8 Å². The Labute approximate surface area is 138 Å². The Morgan fingerprint density at radius 2 is 1.43 bits per heavy atom. The first-order valence-electron chi connectivity index (χ1n) is 8.47. The lowest BCUT2D eigenvalue weighted by molar-refractivity contribution is 0.693. The molecule has 1 aromatic carbocycles. The summed E-state index contributed by atoms with van der Waals surface area (Å²) in [5, 5.41) is 2.92. The lowest BCUT2D eigenvalue weighted by Crippen LogP contribution is -2.36. The summed E-state index contributed by atoms with van der Waals surface area (Å²) in [6.45, 7) is 17.2. The molecule has 116 valence electrons. The third kappa shape index (κ3) is 7.00. The van der Waals surface area contributed by atoms with E-state index in [1.807, 2.05) is 4.06 Å². The van der Waals surface area contributed by atoms with Crippen molar-refractivity contribution in [3.8, 4) is 0 Å². The standard InChI is InChI=1S/C11H15Si.2C4H9.Al/c1-12(2,3)10-9-11-7-5-4-6-8-11;2*1-4(2)3;/h4-9H,1-3H3;2*4H,1H2,2-3H3;. The van der Waals surface area contributed by atoms with Crippen molar-refractivity contribution in [2.45, 2.75) is 57.9 Å². The van der Waals surface area contributed by atoms with Gasteiger partial charge in [-0.2, -0.15) is 0 Å². The van der Waals surface area contributed by atoms with Gasteiger partial charge in [0.2, 0.25) is 0 Å². The summed E-state index contributed by atoms with van der Waals surface area (Å²) in [7, 11) is -1.24. The van der Waals surface area contributed by atoms with Crippen molar-refractivity contribution in [1.29, 1.82) is 0 Å². The lowest BCUT2D eigenvalue weighted by Gasteiger charge is -2.29. The van der Waals surface area contributed by atoms with E-state index in [0.29, 0.717) is 0 Å². The van der Waals surface area contributed by atoms with Crippen LogP contribution in [0.25, 0.3) is 6.08 Å². The first-order chi connectivity index (χ1) is 9.70. The highest BCUT2D eigenvalue weighted by atomic mass is 28.3. The normalized spacial score (nSPS) is 13.1. The molecular weight excluding hydrogens is 283 g/mol. The molecule has 0 heterocycles. The van der Waals surface area contributed by atoms with Crippen molar-refractivity contribution < 1.29 is 0 Å². The third-order valence-electron chi connectivity index (χ3n) is 3.94. The van der Waals surface area contributed by atoms with Crippen LogP contribution in [0, 0.1) is 11.8 Å². The lowest BCUT2D eigenvalue weighted by atomic mass is 10.2. The summed E-state index contributed by atoms with van der Waals surface area (Å²) in [6, 6.07) is 11.0. The second-order valence-corrected chi connectivity index (χ2v) is 16.8. The highest BCUT2D eigenvalue weighted by Gasteiger charge is 2.32. The Balaban J connectivity index is 3.17. The Morgan fingerprint density at radius 1 is 0.952 bits per heavy atom. The highest BCUT2D eigenvalue weighted by Crippen LogP contribution is 2.29. The SMILES string of the molecule is CC(C)[CH2][Al]([CH2]C(C)C)/[C](=C/c1ccccc1)[Si](C)(C)C. The molecule has 0 aliphatic carbocycles. The van der Waals surface area contributed by atoms with E-state index in [2.05, 4.69) is 83.7 Å². The molecule has 0 aliphatic rings. The van der Waals surface area contributed by atoms with Crippen molar-refractivity contribution in [3.63, 3.8) is 0 Å². The fraction of sp³-hybridized carbons (Fsp3) is 0.579. The predicted molar refractivity (Wildman–Crippen MR) is 103 cm³/mol. The zero-order chi connectivity index (χ0) is 16.0. The molecule has 0 aromatic heterocycles. The summed E-state index contributed by atoms with van der Waals surface area (Å²) in [6.07, 6.45) is 2.56. The molecule has 0 unspecified atom stereocenters. The van der Waals surface area contributed by atoms with E-state index < -0.39 is 22.2 Å². The van der Waals surface area contributed by atoms with E-state index in [9.17, 15) is 0 Å². The minimum absolute atomic E-state index is 0.830. The molecule has 0 amide bonds. The van der Waals surface area contributed by atoms with Crippen LogP contribution in [0.15, 0.2) is 34.4 Å². The molecule has 0 bridgehead atoms. The molecule has 0 spiro atoms. The molecule has 1 rings (SSSR count). The maximum Gasteiger partial charge on any atom is 0.294 e. The van der Waals surface area contributed by atoms with Gasteiger partial charge in [-0.3, -0.25) is 0 Å². The van der Waals surface area contributed by atoms with Crippen molar-refractivity contribution in [3.05, 3.63) is 40.0 Å². The van der Waals surface area contributed by atoms with Gasteiger partial charge < -0.3 is 0 Å². The fourth-order valence-corrected chi connectivity index (χ4v) is 12.8. The Morgan fingerprint density at radius 3 is 1.81 bits per heavy atom. The van der Waals surface area contributed by atoms with Crippen molar-refractivity contribution in [1.82, 2.24) is 0 Å². The maximum absolute atomic E-state index is 2.56. The van der Waals surface area contributed by atoms with Gasteiger partial charge in [-0.25, -0.2) is 0 Å². The quantitative estimate of drug-likeness (QED) is 0.518. The van der Waals surface area contributed by atoms with Crippen molar-refractivity contribution >= 4 is 28.3 Å². The smallest absolute Gasteiger partial charge is 0.139 e. The van der Waals surface area contributed by atoms with Gasteiger partial charge in [0, 0.05) is 0 Å². The molecule has 0 saturated carbocycles. The fourth-order valence-electron chi connectivity index (χ4n) is 3.16. The first kappa shape index (κ1) is 18.8. The van der Waals surface area contributed by atoms with Gasteiger partial charge in [-0.15, -0.1) is 4.06 Å². The van der Waals surface area contributed by atoms with Crippen LogP contribution >= 0.6 is 0 Å². The third-order valence-corrected chi connectivity index (χ3v) is 13.7. The van der Waals surface area contributed by atoms with E-state index in [1.54, 1.807) is 0 Å². The molecule has 21 heavy (non-hydrogen) atoms. The maximum atomic E-state index is 2.56. The average Bonchev–Trinajstić information content (AvgIpc) is 2.34. The second kappa shape index (κ2) is 8.37. The molecule has 0 radical (unpaired) electrons. The van der Waals surface area contributed by atoms with Crippen molar-refractivity contribution in [2.75, 3.05) is 0 Å². The summed E-state index contributed by atoms with van der Waals surface area (Å²) in [4.78, 5) is 0. The van der Waals surface area contributed by atoms with E-state index >= 15 is 0 Å². The summed E-state index contributed by atoms with van der Waals surface area (Å²) >= 11 is -0.836. The van der Waals surface area contributed by atoms with Crippen LogP contribution < -0.4 is 0 Å². The minimum Gasteiger partial charge on any atom is -0.139 e. The van der Waals surface area contributed by atoms with Crippen molar-refractivity contribution in [2.24, 2.45) is 11.8 Å². The molecule has 0 saturated heterocycles. The van der Waals surface area contributed by atoms with E-state index in [1.165, 1.54) is 16.1 Å². The number of hydrogen-bond acceptors (Lipinski definition) is 0.